The molecule has 0 radical (unpaired) electrons. The van der Waals surface area contributed by atoms with Gasteiger partial charge in [-0.2, -0.15) is 0 Å². The number of amides is 1. The maximum Gasteiger partial charge on any atom is 0.267 e. The third-order valence-electron chi connectivity index (χ3n) is 3.26. The predicted octanol–water partition coefficient (Wildman–Crippen LogP) is 3.77. The van der Waals surface area contributed by atoms with Crippen LogP contribution < -0.4 is 10.1 Å². The Morgan fingerprint density at radius 2 is 2.00 bits per heavy atom. The van der Waals surface area contributed by atoms with Crippen molar-refractivity contribution in [3.63, 3.8) is 0 Å². The Kier molecular flexibility index (Phi) is 4.34. The number of hydrogen-bond donors (Lipinski definition) is 1. The third-order valence-corrected chi connectivity index (χ3v) is 4.46. The van der Waals surface area contributed by atoms with E-state index in [4.69, 9.17) is 4.74 Å². The molecule has 3 rings (SSSR count). The van der Waals surface area contributed by atoms with E-state index < -0.39 is 0 Å². The number of benzene rings is 1. The van der Waals surface area contributed by atoms with Crippen molar-refractivity contribution in [2.75, 3.05) is 12.4 Å². The second-order valence-electron chi connectivity index (χ2n) is 4.86. The van der Waals surface area contributed by atoms with Gasteiger partial charge < -0.3 is 10.1 Å². The summed E-state index contributed by atoms with van der Waals surface area (Å²) >= 11 is 1.36. The maximum absolute atomic E-state index is 12.4. The highest BCUT2D eigenvalue weighted by atomic mass is 32.1. The minimum Gasteiger partial charge on any atom is -0.497 e. The number of carbonyl (C=O) groups is 1. The molecule has 0 saturated carbocycles. The third kappa shape index (κ3) is 3.37. The minimum atomic E-state index is -0.166. The Morgan fingerprint density at radius 1 is 1.22 bits per heavy atom. The fraction of sp³-hybridized carbons (Fsp3) is 0.118. The van der Waals surface area contributed by atoms with Crippen molar-refractivity contribution in [1.29, 1.82) is 0 Å². The number of aromatic nitrogens is 2. The van der Waals surface area contributed by atoms with Gasteiger partial charge in [0.2, 0.25) is 0 Å². The van der Waals surface area contributed by atoms with Crippen molar-refractivity contribution in [2.24, 2.45) is 0 Å². The molecule has 0 spiro atoms. The van der Waals surface area contributed by atoms with Crippen LogP contribution in [0.3, 0.4) is 0 Å². The number of nitrogens with zero attached hydrogens (tertiary/aromatic N) is 2. The molecule has 1 N–H and O–H groups in total. The average Bonchev–Trinajstić information content (AvgIpc) is 2.98. The zero-order chi connectivity index (χ0) is 16.2. The summed E-state index contributed by atoms with van der Waals surface area (Å²) in [4.78, 5) is 21.6. The van der Waals surface area contributed by atoms with E-state index in [1.165, 1.54) is 11.3 Å². The Morgan fingerprint density at radius 3 is 2.65 bits per heavy atom. The Bertz CT molecular complexity index is 814. The summed E-state index contributed by atoms with van der Waals surface area (Å²) in [5.74, 6) is 0.580. The SMILES string of the molecule is COc1ccc(NC(=O)c2sc(-c3cccnc3)nc2C)cc1. The Balaban J connectivity index is 1.81. The normalized spacial score (nSPS) is 10.3. The molecule has 0 bridgehead atoms. The fourth-order valence-electron chi connectivity index (χ4n) is 2.08. The van der Waals surface area contributed by atoms with Crippen LogP contribution in [0.25, 0.3) is 10.6 Å². The Labute approximate surface area is 138 Å². The van der Waals surface area contributed by atoms with Crippen LogP contribution in [0.2, 0.25) is 0 Å². The van der Waals surface area contributed by atoms with Crippen LogP contribution >= 0.6 is 11.3 Å². The summed E-state index contributed by atoms with van der Waals surface area (Å²) in [5.41, 5.74) is 2.33. The summed E-state index contributed by atoms with van der Waals surface area (Å²) in [7, 11) is 1.61. The number of rotatable bonds is 4. The molecule has 23 heavy (non-hydrogen) atoms. The minimum absolute atomic E-state index is 0.166. The topological polar surface area (TPSA) is 64.1 Å². The lowest BCUT2D eigenvalue weighted by molar-refractivity contribution is 0.103. The van der Waals surface area contributed by atoms with Crippen molar-refractivity contribution in [1.82, 2.24) is 9.97 Å². The van der Waals surface area contributed by atoms with Gasteiger partial charge in [0.05, 0.1) is 12.8 Å². The number of thiazole rings is 1. The lowest BCUT2D eigenvalue weighted by atomic mass is 10.3. The van der Waals surface area contributed by atoms with Crippen LogP contribution in [0, 0.1) is 6.92 Å². The van der Waals surface area contributed by atoms with Crippen LogP contribution in [0.15, 0.2) is 48.8 Å². The quantitative estimate of drug-likeness (QED) is 0.793. The standard InChI is InChI=1S/C17H15N3O2S/c1-11-15(23-17(19-11)12-4-3-9-18-10-12)16(21)20-13-5-7-14(22-2)8-6-13/h3-10H,1-2H3,(H,20,21). The molecule has 2 heterocycles. The van der Waals surface area contributed by atoms with E-state index in [0.29, 0.717) is 16.3 Å². The number of methoxy groups -OCH3 is 1. The van der Waals surface area contributed by atoms with Gasteiger partial charge in [0, 0.05) is 23.6 Å². The van der Waals surface area contributed by atoms with Crippen molar-refractivity contribution < 1.29 is 9.53 Å². The van der Waals surface area contributed by atoms with Gasteiger partial charge in [0.1, 0.15) is 15.6 Å². The number of anilines is 1. The molecule has 0 aliphatic heterocycles. The fourth-order valence-corrected chi connectivity index (χ4v) is 3.03. The molecule has 1 aromatic carbocycles. The number of pyridine rings is 1. The first-order chi connectivity index (χ1) is 11.2. The first-order valence-corrected chi connectivity index (χ1v) is 7.82. The van der Waals surface area contributed by atoms with Gasteiger partial charge in [-0.1, -0.05) is 0 Å². The zero-order valence-corrected chi connectivity index (χ0v) is 13.6. The molecule has 6 heteroatoms. The van der Waals surface area contributed by atoms with E-state index in [0.717, 1.165) is 16.3 Å². The van der Waals surface area contributed by atoms with Gasteiger partial charge in [0.25, 0.3) is 5.91 Å². The largest absolute Gasteiger partial charge is 0.497 e. The van der Waals surface area contributed by atoms with Crippen LogP contribution in [-0.4, -0.2) is 23.0 Å². The van der Waals surface area contributed by atoms with Gasteiger partial charge in [-0.25, -0.2) is 4.98 Å². The van der Waals surface area contributed by atoms with E-state index in [9.17, 15) is 4.79 Å². The summed E-state index contributed by atoms with van der Waals surface area (Å²) < 4.78 is 5.10. The van der Waals surface area contributed by atoms with Gasteiger partial charge in [0.15, 0.2) is 0 Å². The molecule has 0 unspecified atom stereocenters. The predicted molar refractivity (Wildman–Crippen MR) is 91.0 cm³/mol. The number of nitrogens with one attached hydrogen (secondary N) is 1. The number of hydrogen-bond acceptors (Lipinski definition) is 5. The monoisotopic (exact) mass is 325 g/mol. The lowest BCUT2D eigenvalue weighted by Crippen LogP contribution is -2.11. The number of aryl methyl sites for hydroxylation is 1. The number of carbonyl (C=O) groups excluding carboxylic acids is 1. The molecule has 0 aliphatic carbocycles. The summed E-state index contributed by atoms with van der Waals surface area (Å²) in [5, 5.41) is 3.66. The van der Waals surface area contributed by atoms with Crippen LogP contribution in [0.4, 0.5) is 5.69 Å². The summed E-state index contributed by atoms with van der Waals surface area (Å²) in [6.45, 7) is 1.83. The Hall–Kier alpha value is -2.73. The average molecular weight is 325 g/mol. The van der Waals surface area contributed by atoms with Crippen molar-refractivity contribution in [3.8, 4) is 16.3 Å². The molecule has 116 valence electrons. The molecule has 0 saturated heterocycles. The molecule has 1 amide bonds. The molecule has 0 fully saturated rings. The van der Waals surface area contributed by atoms with Crippen LogP contribution in [0.5, 0.6) is 5.75 Å². The molecular formula is C17H15N3O2S. The van der Waals surface area contributed by atoms with Crippen molar-refractivity contribution in [2.45, 2.75) is 6.92 Å². The first-order valence-electron chi connectivity index (χ1n) is 7.00. The zero-order valence-electron chi connectivity index (χ0n) is 12.7. The van der Waals surface area contributed by atoms with Crippen LogP contribution in [-0.2, 0) is 0 Å². The van der Waals surface area contributed by atoms with Crippen molar-refractivity contribution in [3.05, 3.63) is 59.4 Å². The van der Waals surface area contributed by atoms with Gasteiger partial charge >= 0.3 is 0 Å². The van der Waals surface area contributed by atoms with Gasteiger partial charge in [-0.05, 0) is 43.3 Å². The summed E-state index contributed by atoms with van der Waals surface area (Å²) in [6.07, 6.45) is 3.45. The second kappa shape index (κ2) is 6.58. The van der Waals surface area contributed by atoms with E-state index >= 15 is 0 Å². The number of ether oxygens (including phenoxy) is 1. The van der Waals surface area contributed by atoms with E-state index in [-0.39, 0.29) is 5.91 Å². The maximum atomic E-state index is 12.4. The molecule has 0 aliphatic rings. The highest BCUT2D eigenvalue weighted by molar-refractivity contribution is 7.17. The molecule has 0 atom stereocenters. The van der Waals surface area contributed by atoms with Crippen LogP contribution in [0.1, 0.15) is 15.4 Å². The molecule has 2 aromatic heterocycles. The smallest absolute Gasteiger partial charge is 0.267 e. The second-order valence-corrected chi connectivity index (χ2v) is 5.86. The summed E-state index contributed by atoms with van der Waals surface area (Å²) in [6, 6.07) is 11.0. The first kappa shape index (κ1) is 15.2. The molecule has 3 aromatic rings. The molecular weight excluding hydrogens is 310 g/mol. The van der Waals surface area contributed by atoms with E-state index in [1.54, 1.807) is 43.8 Å². The van der Waals surface area contributed by atoms with E-state index in [1.807, 2.05) is 19.1 Å². The van der Waals surface area contributed by atoms with Crippen molar-refractivity contribution >= 4 is 22.9 Å². The lowest BCUT2D eigenvalue weighted by Gasteiger charge is -2.05. The van der Waals surface area contributed by atoms with Gasteiger partial charge in [-0.15, -0.1) is 11.3 Å². The highest BCUT2D eigenvalue weighted by Crippen LogP contribution is 2.28. The van der Waals surface area contributed by atoms with E-state index in [2.05, 4.69) is 15.3 Å². The molecule has 5 nitrogen and oxygen atoms in total. The highest BCUT2D eigenvalue weighted by Gasteiger charge is 2.16. The van der Waals surface area contributed by atoms with Gasteiger partial charge in [-0.3, -0.25) is 9.78 Å².